The summed E-state index contributed by atoms with van der Waals surface area (Å²) in [6, 6.07) is 7.08. The summed E-state index contributed by atoms with van der Waals surface area (Å²) >= 11 is 0. The van der Waals surface area contributed by atoms with Crippen molar-refractivity contribution >= 4 is 15.7 Å². The molecule has 0 aliphatic heterocycles. The fraction of sp³-hybridized carbons (Fsp3) is 0.625. The minimum atomic E-state index is -3.35. The summed E-state index contributed by atoms with van der Waals surface area (Å²) in [5.74, 6) is 0.933. The molecule has 4 nitrogen and oxygen atoms in total. The molecule has 21 heavy (non-hydrogen) atoms. The van der Waals surface area contributed by atoms with Gasteiger partial charge in [0.1, 0.15) is 0 Å². The van der Waals surface area contributed by atoms with Crippen LogP contribution in [0.5, 0.6) is 0 Å². The Morgan fingerprint density at radius 3 is 2.38 bits per heavy atom. The number of hydrogen-bond donors (Lipinski definition) is 2. The first-order valence-electron chi connectivity index (χ1n) is 7.89. The Bertz CT molecular complexity index is 587. The van der Waals surface area contributed by atoms with Gasteiger partial charge in [0, 0.05) is 18.8 Å². The molecule has 0 saturated heterocycles. The molecule has 0 spiro atoms. The molecule has 0 unspecified atom stereocenters. The van der Waals surface area contributed by atoms with Gasteiger partial charge in [0.25, 0.3) is 0 Å². The van der Waals surface area contributed by atoms with Crippen LogP contribution < -0.4 is 10.0 Å². The molecular formula is C16H24N2O2S. The van der Waals surface area contributed by atoms with Gasteiger partial charge in [-0.1, -0.05) is 6.92 Å². The Morgan fingerprint density at radius 2 is 1.86 bits per heavy atom. The predicted molar refractivity (Wildman–Crippen MR) is 84.8 cm³/mol. The van der Waals surface area contributed by atoms with E-state index in [9.17, 15) is 8.42 Å². The van der Waals surface area contributed by atoms with Gasteiger partial charge in [0.15, 0.2) is 0 Å². The Hall–Kier alpha value is -1.07. The normalized spacial score (nSPS) is 20.2. The van der Waals surface area contributed by atoms with Crippen LogP contribution in [-0.4, -0.2) is 21.5 Å². The van der Waals surface area contributed by atoms with E-state index in [2.05, 4.69) is 10.0 Å². The highest BCUT2D eigenvalue weighted by Gasteiger charge is 2.53. The lowest BCUT2D eigenvalue weighted by atomic mass is 10.0. The standard InChI is InChI=1S/C16H24N2O2S/c1-2-11-18-21(19,20)15-7-5-14(6-8-15)17-12-16(9-10-16)13-3-4-13/h5-8,13,17-18H,2-4,9-12H2,1H3. The third-order valence-corrected chi connectivity index (χ3v) is 6.16. The largest absolute Gasteiger partial charge is 0.384 e. The van der Waals surface area contributed by atoms with E-state index in [0.29, 0.717) is 16.9 Å². The average molecular weight is 308 g/mol. The molecule has 3 rings (SSSR count). The third-order valence-electron chi connectivity index (χ3n) is 4.69. The van der Waals surface area contributed by atoms with Crippen molar-refractivity contribution in [3.63, 3.8) is 0 Å². The van der Waals surface area contributed by atoms with Crippen molar-refractivity contribution in [3.05, 3.63) is 24.3 Å². The molecule has 5 heteroatoms. The van der Waals surface area contributed by atoms with Gasteiger partial charge in [-0.05, 0) is 67.7 Å². The van der Waals surface area contributed by atoms with Crippen LogP contribution in [0.3, 0.4) is 0 Å². The van der Waals surface area contributed by atoms with E-state index < -0.39 is 10.0 Å². The molecule has 0 atom stereocenters. The molecule has 0 radical (unpaired) electrons. The fourth-order valence-electron chi connectivity index (χ4n) is 2.94. The van der Waals surface area contributed by atoms with E-state index in [4.69, 9.17) is 0 Å². The molecule has 2 saturated carbocycles. The Morgan fingerprint density at radius 1 is 1.19 bits per heavy atom. The van der Waals surface area contributed by atoms with Crippen LogP contribution in [0.25, 0.3) is 0 Å². The van der Waals surface area contributed by atoms with Gasteiger partial charge in [-0.3, -0.25) is 0 Å². The van der Waals surface area contributed by atoms with Crippen molar-refractivity contribution in [2.75, 3.05) is 18.4 Å². The molecule has 1 aromatic rings. The van der Waals surface area contributed by atoms with Crippen LogP contribution in [0.1, 0.15) is 39.0 Å². The van der Waals surface area contributed by atoms with E-state index >= 15 is 0 Å². The molecule has 2 N–H and O–H groups in total. The van der Waals surface area contributed by atoms with E-state index in [1.165, 1.54) is 25.7 Å². The third kappa shape index (κ3) is 3.40. The van der Waals surface area contributed by atoms with Gasteiger partial charge < -0.3 is 5.32 Å². The molecular weight excluding hydrogens is 284 g/mol. The van der Waals surface area contributed by atoms with Crippen LogP contribution in [0.2, 0.25) is 0 Å². The monoisotopic (exact) mass is 308 g/mol. The van der Waals surface area contributed by atoms with Gasteiger partial charge in [-0.2, -0.15) is 0 Å². The highest BCUT2D eigenvalue weighted by atomic mass is 32.2. The summed E-state index contributed by atoms with van der Waals surface area (Å²) < 4.78 is 26.6. The minimum Gasteiger partial charge on any atom is -0.384 e. The smallest absolute Gasteiger partial charge is 0.240 e. The van der Waals surface area contributed by atoms with Crippen molar-refractivity contribution in [2.24, 2.45) is 11.3 Å². The number of nitrogens with one attached hydrogen (secondary N) is 2. The van der Waals surface area contributed by atoms with Crippen molar-refractivity contribution < 1.29 is 8.42 Å². The van der Waals surface area contributed by atoms with Crippen LogP contribution in [-0.2, 0) is 10.0 Å². The lowest BCUT2D eigenvalue weighted by molar-refractivity contribution is 0.467. The second kappa shape index (κ2) is 5.61. The van der Waals surface area contributed by atoms with E-state index in [0.717, 1.165) is 24.6 Å². The highest BCUT2D eigenvalue weighted by Crippen LogP contribution is 2.61. The van der Waals surface area contributed by atoms with Crippen LogP contribution in [0.4, 0.5) is 5.69 Å². The SMILES string of the molecule is CCCNS(=O)(=O)c1ccc(NCC2(C3CC3)CC2)cc1. The average Bonchev–Trinajstić information content (AvgIpc) is 3.36. The van der Waals surface area contributed by atoms with Crippen molar-refractivity contribution in [1.82, 2.24) is 4.72 Å². The van der Waals surface area contributed by atoms with Crippen molar-refractivity contribution in [1.29, 1.82) is 0 Å². The molecule has 0 heterocycles. The summed E-state index contributed by atoms with van der Waals surface area (Å²) in [5.41, 5.74) is 1.56. The van der Waals surface area contributed by atoms with Crippen LogP contribution >= 0.6 is 0 Å². The fourth-order valence-corrected chi connectivity index (χ4v) is 4.07. The first-order valence-corrected chi connectivity index (χ1v) is 9.38. The van der Waals surface area contributed by atoms with Gasteiger partial charge in [-0.25, -0.2) is 13.1 Å². The van der Waals surface area contributed by atoms with Gasteiger partial charge in [-0.15, -0.1) is 0 Å². The Balaban J connectivity index is 1.59. The van der Waals surface area contributed by atoms with Crippen LogP contribution in [0, 0.1) is 11.3 Å². The second-order valence-electron chi connectivity index (χ2n) is 6.41. The Labute approximate surface area is 127 Å². The highest BCUT2D eigenvalue weighted by molar-refractivity contribution is 7.89. The zero-order valence-electron chi connectivity index (χ0n) is 12.6. The molecule has 0 bridgehead atoms. The minimum absolute atomic E-state index is 0.338. The number of rotatable bonds is 8. The first-order chi connectivity index (χ1) is 10.1. The summed E-state index contributed by atoms with van der Waals surface area (Å²) in [4.78, 5) is 0.338. The maximum atomic E-state index is 12.0. The second-order valence-corrected chi connectivity index (χ2v) is 8.18. The molecule has 2 fully saturated rings. The summed E-state index contributed by atoms with van der Waals surface area (Å²) in [7, 11) is -3.35. The zero-order chi connectivity index (χ0) is 14.9. The van der Waals surface area contributed by atoms with Crippen LogP contribution in [0.15, 0.2) is 29.2 Å². The van der Waals surface area contributed by atoms with Gasteiger partial charge >= 0.3 is 0 Å². The molecule has 2 aliphatic rings. The molecule has 1 aromatic carbocycles. The molecule has 116 valence electrons. The number of benzene rings is 1. The van der Waals surface area contributed by atoms with Gasteiger partial charge in [0.05, 0.1) is 4.90 Å². The zero-order valence-corrected chi connectivity index (χ0v) is 13.4. The molecule has 0 amide bonds. The predicted octanol–water partition coefficient (Wildman–Crippen LogP) is 2.98. The van der Waals surface area contributed by atoms with E-state index in [1.807, 2.05) is 19.1 Å². The lowest BCUT2D eigenvalue weighted by Gasteiger charge is -2.16. The van der Waals surface area contributed by atoms with Crippen molar-refractivity contribution in [3.8, 4) is 0 Å². The molecule has 2 aliphatic carbocycles. The number of hydrogen-bond acceptors (Lipinski definition) is 3. The van der Waals surface area contributed by atoms with Crippen molar-refractivity contribution in [2.45, 2.75) is 43.9 Å². The summed E-state index contributed by atoms with van der Waals surface area (Å²) in [6.45, 7) is 3.45. The summed E-state index contributed by atoms with van der Waals surface area (Å²) in [6.07, 6.45) is 6.27. The number of sulfonamides is 1. The van der Waals surface area contributed by atoms with E-state index in [-0.39, 0.29) is 0 Å². The maximum Gasteiger partial charge on any atom is 0.240 e. The quantitative estimate of drug-likeness (QED) is 0.776. The van der Waals surface area contributed by atoms with E-state index in [1.54, 1.807) is 12.1 Å². The van der Waals surface area contributed by atoms with Gasteiger partial charge in [0.2, 0.25) is 10.0 Å². The first kappa shape index (κ1) is 14.9. The lowest BCUT2D eigenvalue weighted by Crippen LogP contribution is -2.24. The maximum absolute atomic E-state index is 12.0. The number of anilines is 1. The summed E-state index contributed by atoms with van der Waals surface area (Å²) in [5, 5.41) is 3.48. The molecule has 0 aromatic heterocycles. The topological polar surface area (TPSA) is 58.2 Å². The Kier molecular flexibility index (Phi) is 3.97.